The molecule has 70 valence electrons. The van der Waals surface area contributed by atoms with Gasteiger partial charge >= 0.3 is 0 Å². The highest BCUT2D eigenvalue weighted by atomic mass is 35.5. The Morgan fingerprint density at radius 2 is 2.15 bits per heavy atom. The second-order valence-electron chi connectivity index (χ2n) is 3.71. The molecule has 0 atom stereocenters. The Morgan fingerprint density at radius 3 is 2.69 bits per heavy atom. The third kappa shape index (κ3) is 1.57. The Morgan fingerprint density at radius 1 is 1.46 bits per heavy atom. The molecule has 0 aromatic heterocycles. The van der Waals surface area contributed by atoms with Gasteiger partial charge in [0.2, 0.25) is 0 Å². The van der Waals surface area contributed by atoms with Crippen LogP contribution >= 0.6 is 11.6 Å². The van der Waals surface area contributed by atoms with E-state index in [1.807, 2.05) is 12.1 Å². The van der Waals surface area contributed by atoms with Crippen molar-refractivity contribution in [3.8, 4) is 0 Å². The third-order valence-electron chi connectivity index (χ3n) is 2.56. The molecule has 0 bridgehead atoms. The molecule has 0 heterocycles. The zero-order valence-electron chi connectivity index (χ0n) is 7.20. The van der Waals surface area contributed by atoms with Crippen LogP contribution in [0.4, 0.5) is 0 Å². The summed E-state index contributed by atoms with van der Waals surface area (Å²) in [4.78, 5) is 0. The zero-order chi connectivity index (χ0) is 9.47. The predicted octanol–water partition coefficient (Wildman–Crippen LogP) is 1.65. The molecular weight excluding hydrogens is 186 g/mol. The number of aliphatic hydroxyl groups is 1. The van der Waals surface area contributed by atoms with E-state index in [1.54, 1.807) is 12.1 Å². The number of rotatable bonds is 1. The van der Waals surface area contributed by atoms with E-state index in [2.05, 4.69) is 0 Å². The highest BCUT2D eigenvalue weighted by Gasteiger charge is 2.42. The Hall–Kier alpha value is -0.570. The van der Waals surface area contributed by atoms with Crippen molar-refractivity contribution in [2.75, 3.05) is 0 Å². The van der Waals surface area contributed by atoms with Gasteiger partial charge in [0.1, 0.15) is 0 Å². The zero-order valence-corrected chi connectivity index (χ0v) is 7.96. The molecule has 0 radical (unpaired) electrons. The average Bonchev–Trinajstić information content (AvgIpc) is 2.02. The van der Waals surface area contributed by atoms with Gasteiger partial charge < -0.3 is 10.8 Å². The first kappa shape index (κ1) is 9.00. The lowest BCUT2D eigenvalue weighted by molar-refractivity contribution is -0.0522. The second kappa shape index (κ2) is 2.98. The molecule has 1 saturated carbocycles. The number of hydrogen-bond donors (Lipinski definition) is 2. The normalized spacial score (nSPS) is 32.7. The minimum absolute atomic E-state index is 0.129. The van der Waals surface area contributed by atoms with Gasteiger partial charge in [-0.15, -0.1) is 0 Å². The topological polar surface area (TPSA) is 46.2 Å². The van der Waals surface area contributed by atoms with Gasteiger partial charge in [-0.05, 0) is 30.5 Å². The van der Waals surface area contributed by atoms with Crippen LogP contribution in [0.1, 0.15) is 18.4 Å². The van der Waals surface area contributed by atoms with Gasteiger partial charge in [0.05, 0.1) is 5.60 Å². The third-order valence-corrected chi connectivity index (χ3v) is 2.80. The summed E-state index contributed by atoms with van der Waals surface area (Å²) in [6.07, 6.45) is 1.26. The molecule has 1 aromatic carbocycles. The summed E-state index contributed by atoms with van der Waals surface area (Å²) in [5.41, 5.74) is 5.78. The lowest BCUT2D eigenvalue weighted by Gasteiger charge is -2.42. The Labute approximate surface area is 82.3 Å². The van der Waals surface area contributed by atoms with Gasteiger partial charge in [-0.2, -0.15) is 0 Å². The molecule has 0 amide bonds. The molecule has 1 fully saturated rings. The van der Waals surface area contributed by atoms with Crippen LogP contribution in [0.2, 0.25) is 5.02 Å². The number of halogens is 1. The molecule has 0 unspecified atom stereocenters. The summed E-state index contributed by atoms with van der Waals surface area (Å²) in [7, 11) is 0. The molecule has 13 heavy (non-hydrogen) atoms. The van der Waals surface area contributed by atoms with Crippen molar-refractivity contribution in [1.82, 2.24) is 0 Å². The van der Waals surface area contributed by atoms with Crippen LogP contribution in [0.5, 0.6) is 0 Å². The predicted molar refractivity (Wildman–Crippen MR) is 52.6 cm³/mol. The van der Waals surface area contributed by atoms with Crippen LogP contribution < -0.4 is 5.73 Å². The molecular formula is C10H12ClNO. The molecule has 3 N–H and O–H groups in total. The standard InChI is InChI=1S/C10H12ClNO/c11-8-3-1-2-7(4-8)10(13)5-9(12)6-10/h1-4,9,13H,5-6,12H2. The Kier molecular flexibility index (Phi) is 2.06. The molecule has 0 aliphatic heterocycles. The largest absolute Gasteiger partial charge is 0.385 e. The van der Waals surface area contributed by atoms with E-state index in [4.69, 9.17) is 17.3 Å². The molecule has 3 heteroatoms. The maximum atomic E-state index is 10.0. The van der Waals surface area contributed by atoms with Gasteiger partial charge in [-0.3, -0.25) is 0 Å². The van der Waals surface area contributed by atoms with E-state index in [1.165, 1.54) is 0 Å². The molecule has 1 aliphatic carbocycles. The molecule has 0 saturated heterocycles. The first-order chi connectivity index (χ1) is 6.10. The maximum absolute atomic E-state index is 10.0. The van der Waals surface area contributed by atoms with Crippen LogP contribution in [0.25, 0.3) is 0 Å². The van der Waals surface area contributed by atoms with E-state index in [0.717, 1.165) is 5.56 Å². The van der Waals surface area contributed by atoms with Crippen LogP contribution in [0.15, 0.2) is 24.3 Å². The summed E-state index contributed by atoms with van der Waals surface area (Å²) < 4.78 is 0. The molecule has 2 nitrogen and oxygen atoms in total. The van der Waals surface area contributed by atoms with Crippen molar-refractivity contribution in [3.63, 3.8) is 0 Å². The van der Waals surface area contributed by atoms with Crippen molar-refractivity contribution < 1.29 is 5.11 Å². The van der Waals surface area contributed by atoms with E-state index < -0.39 is 5.60 Å². The minimum atomic E-state index is -0.732. The number of nitrogens with two attached hydrogens (primary N) is 1. The summed E-state index contributed by atoms with van der Waals surface area (Å²) >= 11 is 5.83. The van der Waals surface area contributed by atoms with Gasteiger partial charge in [-0.1, -0.05) is 23.7 Å². The SMILES string of the molecule is NC1CC(O)(c2cccc(Cl)c2)C1. The highest BCUT2D eigenvalue weighted by molar-refractivity contribution is 6.30. The molecule has 2 rings (SSSR count). The Bertz CT molecular complexity index is 320. The maximum Gasteiger partial charge on any atom is 0.0926 e. The summed E-state index contributed by atoms with van der Waals surface area (Å²) in [6, 6.07) is 7.46. The highest BCUT2D eigenvalue weighted by Crippen LogP contribution is 2.40. The lowest BCUT2D eigenvalue weighted by atomic mass is 9.72. The fourth-order valence-electron chi connectivity index (χ4n) is 1.82. The summed E-state index contributed by atoms with van der Waals surface area (Å²) in [5, 5.41) is 10.7. The first-order valence-electron chi connectivity index (χ1n) is 4.34. The first-order valence-corrected chi connectivity index (χ1v) is 4.72. The second-order valence-corrected chi connectivity index (χ2v) is 4.15. The van der Waals surface area contributed by atoms with Crippen LogP contribution in [0.3, 0.4) is 0 Å². The fraction of sp³-hybridized carbons (Fsp3) is 0.400. The minimum Gasteiger partial charge on any atom is -0.385 e. The van der Waals surface area contributed by atoms with Crippen molar-refractivity contribution in [3.05, 3.63) is 34.9 Å². The van der Waals surface area contributed by atoms with Crippen molar-refractivity contribution in [1.29, 1.82) is 0 Å². The van der Waals surface area contributed by atoms with Gasteiger partial charge in [0.25, 0.3) is 0 Å². The van der Waals surface area contributed by atoms with E-state index in [0.29, 0.717) is 17.9 Å². The molecule has 0 spiro atoms. The average molecular weight is 198 g/mol. The van der Waals surface area contributed by atoms with Crippen LogP contribution in [-0.2, 0) is 5.60 Å². The van der Waals surface area contributed by atoms with Gasteiger partial charge in [0, 0.05) is 11.1 Å². The quantitative estimate of drug-likeness (QED) is 0.719. The van der Waals surface area contributed by atoms with Crippen molar-refractivity contribution in [2.24, 2.45) is 5.73 Å². The smallest absolute Gasteiger partial charge is 0.0926 e. The lowest BCUT2D eigenvalue weighted by Crippen LogP contribution is -2.49. The summed E-state index contributed by atoms with van der Waals surface area (Å²) in [6.45, 7) is 0. The molecule has 1 aromatic rings. The van der Waals surface area contributed by atoms with E-state index >= 15 is 0 Å². The molecule has 1 aliphatic rings. The van der Waals surface area contributed by atoms with Crippen LogP contribution in [-0.4, -0.2) is 11.1 Å². The van der Waals surface area contributed by atoms with Crippen LogP contribution in [0, 0.1) is 0 Å². The monoisotopic (exact) mass is 197 g/mol. The fourth-order valence-corrected chi connectivity index (χ4v) is 2.01. The van der Waals surface area contributed by atoms with Gasteiger partial charge in [0.15, 0.2) is 0 Å². The van der Waals surface area contributed by atoms with Crippen molar-refractivity contribution in [2.45, 2.75) is 24.5 Å². The summed E-state index contributed by atoms with van der Waals surface area (Å²) in [5.74, 6) is 0. The number of hydrogen-bond acceptors (Lipinski definition) is 2. The van der Waals surface area contributed by atoms with E-state index in [-0.39, 0.29) is 6.04 Å². The number of benzene rings is 1. The van der Waals surface area contributed by atoms with E-state index in [9.17, 15) is 5.11 Å². The Balaban J connectivity index is 2.26. The van der Waals surface area contributed by atoms with Gasteiger partial charge in [-0.25, -0.2) is 0 Å². The van der Waals surface area contributed by atoms with Crippen molar-refractivity contribution >= 4 is 11.6 Å².